The van der Waals surface area contributed by atoms with E-state index in [4.69, 9.17) is 36.5 Å². The van der Waals surface area contributed by atoms with Crippen LogP contribution in [0.3, 0.4) is 0 Å². The second kappa shape index (κ2) is 7.71. The van der Waals surface area contributed by atoms with Gasteiger partial charge >= 0.3 is 0 Å². The van der Waals surface area contributed by atoms with Gasteiger partial charge in [0.2, 0.25) is 0 Å². The summed E-state index contributed by atoms with van der Waals surface area (Å²) in [4.78, 5) is 22.4. The predicted molar refractivity (Wildman–Crippen MR) is 125 cm³/mol. The number of carbonyl (C=O) groups excluding carboxylic acids is 1. The lowest BCUT2D eigenvalue weighted by atomic mass is 9.48. The van der Waals surface area contributed by atoms with Crippen LogP contribution in [0.25, 0.3) is 0 Å². The van der Waals surface area contributed by atoms with E-state index in [1.165, 1.54) is 6.20 Å². The Balaban J connectivity index is 1.54. The molecule has 1 aromatic carbocycles. The van der Waals surface area contributed by atoms with Crippen LogP contribution >= 0.6 is 11.6 Å². The van der Waals surface area contributed by atoms with Crippen LogP contribution in [0.2, 0.25) is 5.02 Å². The highest BCUT2D eigenvalue weighted by Crippen LogP contribution is 2.67. The van der Waals surface area contributed by atoms with Crippen LogP contribution in [-0.4, -0.2) is 36.1 Å². The minimum atomic E-state index is -0.620. The van der Waals surface area contributed by atoms with E-state index in [0.29, 0.717) is 22.9 Å². The molecule has 2 aliphatic heterocycles. The molecular formula is C25H28ClN3O4. The highest BCUT2D eigenvalue weighted by molar-refractivity contribution is 6.30. The number of carbonyl (C=O) groups is 1. The van der Waals surface area contributed by atoms with Gasteiger partial charge in [0.25, 0.3) is 6.02 Å². The summed E-state index contributed by atoms with van der Waals surface area (Å²) >= 11 is 6.07. The van der Waals surface area contributed by atoms with Crippen LogP contribution in [0.15, 0.2) is 35.5 Å². The van der Waals surface area contributed by atoms with Crippen molar-refractivity contribution in [1.82, 2.24) is 4.98 Å². The van der Waals surface area contributed by atoms with Crippen LogP contribution < -0.4 is 10.5 Å². The zero-order valence-electron chi connectivity index (χ0n) is 19.1. The smallest absolute Gasteiger partial charge is 0.283 e. The highest BCUT2D eigenvalue weighted by atomic mass is 35.5. The number of hydrogen-bond acceptors (Lipinski definition) is 7. The maximum atomic E-state index is 13.2. The first kappa shape index (κ1) is 22.2. The molecule has 0 radical (unpaired) electrons. The van der Waals surface area contributed by atoms with Gasteiger partial charge in [-0.25, -0.2) is 4.99 Å². The van der Waals surface area contributed by atoms with Crippen molar-refractivity contribution in [3.63, 3.8) is 0 Å². The Morgan fingerprint density at radius 1 is 1.27 bits per heavy atom. The van der Waals surface area contributed by atoms with Crippen LogP contribution in [0.5, 0.6) is 5.75 Å². The van der Waals surface area contributed by atoms with Crippen molar-refractivity contribution in [3.05, 3.63) is 57.9 Å². The predicted octanol–water partition coefficient (Wildman–Crippen LogP) is 4.19. The number of nitrogens with two attached hydrogens (primary N) is 1. The number of halogens is 1. The van der Waals surface area contributed by atoms with Crippen LogP contribution in [0, 0.1) is 5.41 Å². The number of fused-ring (bicyclic) bond motifs is 3. The highest BCUT2D eigenvalue weighted by Gasteiger charge is 2.69. The van der Waals surface area contributed by atoms with Crippen molar-refractivity contribution in [1.29, 1.82) is 0 Å². The summed E-state index contributed by atoms with van der Waals surface area (Å²) in [5.41, 5.74) is 7.63. The number of benzene rings is 1. The summed E-state index contributed by atoms with van der Waals surface area (Å²) in [5.74, 6) is 0.661. The Labute approximate surface area is 198 Å². The third-order valence-electron chi connectivity index (χ3n) is 7.60. The molecule has 0 bridgehead atoms. The monoisotopic (exact) mass is 469 g/mol. The van der Waals surface area contributed by atoms with Gasteiger partial charge in [-0.3, -0.25) is 9.78 Å². The molecule has 2 spiro atoms. The van der Waals surface area contributed by atoms with Crippen molar-refractivity contribution >= 4 is 23.4 Å². The maximum absolute atomic E-state index is 13.2. The number of ketones is 1. The molecular weight excluding hydrogens is 442 g/mol. The summed E-state index contributed by atoms with van der Waals surface area (Å²) < 4.78 is 17.5. The number of rotatable bonds is 5. The zero-order chi connectivity index (χ0) is 23.4. The standard InChI is InChI=1S/C25H28ClN3O4/c1-23(2)24(7-4-8-24)25(14-32-22(27)29-25)18-9-15(5-6-20(18)33-23)10-19(30)21-16(13-31-3)11-17(26)12-28-21/h5-6,9,11-12H,4,7-8,10,13-14H2,1-3H3,(H2,27,29). The Morgan fingerprint density at radius 2 is 2.06 bits per heavy atom. The third-order valence-corrected chi connectivity index (χ3v) is 7.80. The lowest BCUT2D eigenvalue weighted by molar-refractivity contribution is -0.157. The van der Waals surface area contributed by atoms with E-state index in [9.17, 15) is 4.79 Å². The molecule has 174 valence electrons. The van der Waals surface area contributed by atoms with Gasteiger partial charge in [-0.1, -0.05) is 24.1 Å². The molecule has 1 fully saturated rings. The van der Waals surface area contributed by atoms with Gasteiger partial charge < -0.3 is 19.9 Å². The maximum Gasteiger partial charge on any atom is 0.283 e. The molecule has 0 amide bonds. The number of ether oxygens (including phenoxy) is 3. The van der Waals surface area contributed by atoms with Crippen molar-refractivity contribution in [3.8, 4) is 5.75 Å². The van der Waals surface area contributed by atoms with Crippen molar-refractivity contribution < 1.29 is 19.0 Å². The average Bonchev–Trinajstić information content (AvgIpc) is 3.09. The van der Waals surface area contributed by atoms with Gasteiger partial charge in [-0.2, -0.15) is 0 Å². The summed E-state index contributed by atoms with van der Waals surface area (Å²) in [6.07, 6.45) is 4.75. The molecule has 3 aliphatic rings. The van der Waals surface area contributed by atoms with E-state index in [0.717, 1.165) is 36.1 Å². The van der Waals surface area contributed by atoms with E-state index in [1.807, 2.05) is 18.2 Å². The number of hydrogen-bond donors (Lipinski definition) is 1. The molecule has 33 heavy (non-hydrogen) atoms. The SMILES string of the molecule is COCc1cc(Cl)cnc1C(=O)Cc1ccc2c(c1)C1(COC(N)=N1)C1(CCC1)C(C)(C)O2. The van der Waals surface area contributed by atoms with E-state index in [1.54, 1.807) is 13.2 Å². The largest absolute Gasteiger partial charge is 0.487 e. The molecule has 8 heteroatoms. The van der Waals surface area contributed by atoms with Crippen LogP contribution in [0.1, 0.15) is 60.3 Å². The second-order valence-corrected chi connectivity index (χ2v) is 10.1. The first-order valence-corrected chi connectivity index (χ1v) is 11.6. The summed E-state index contributed by atoms with van der Waals surface area (Å²) in [5, 5.41) is 0.469. The van der Waals surface area contributed by atoms with E-state index >= 15 is 0 Å². The molecule has 5 rings (SSSR count). The van der Waals surface area contributed by atoms with Crippen molar-refractivity contribution in [2.45, 2.75) is 57.3 Å². The normalized spacial score (nSPS) is 23.9. The Morgan fingerprint density at radius 3 is 2.70 bits per heavy atom. The molecule has 1 aromatic heterocycles. The number of amidine groups is 1. The minimum Gasteiger partial charge on any atom is -0.487 e. The van der Waals surface area contributed by atoms with E-state index < -0.39 is 11.1 Å². The fourth-order valence-electron chi connectivity index (χ4n) is 5.85. The molecule has 7 nitrogen and oxygen atoms in total. The zero-order valence-corrected chi connectivity index (χ0v) is 19.9. The van der Waals surface area contributed by atoms with E-state index in [-0.39, 0.29) is 30.2 Å². The summed E-state index contributed by atoms with van der Waals surface area (Å²) in [6, 6.07) is 7.81. The number of methoxy groups -OCH3 is 1. The Hall–Kier alpha value is -2.64. The van der Waals surface area contributed by atoms with Gasteiger partial charge in [0, 0.05) is 36.3 Å². The summed E-state index contributed by atoms with van der Waals surface area (Å²) in [6.45, 7) is 4.90. The van der Waals surface area contributed by atoms with Gasteiger partial charge in [0.15, 0.2) is 5.78 Å². The van der Waals surface area contributed by atoms with Gasteiger partial charge in [-0.05, 0) is 50.5 Å². The Bertz CT molecular complexity index is 1160. The molecule has 2 aromatic rings. The number of aromatic nitrogens is 1. The lowest BCUT2D eigenvalue weighted by Crippen LogP contribution is -2.66. The molecule has 0 saturated heterocycles. The Kier molecular flexibility index (Phi) is 5.18. The number of nitrogens with zero attached hydrogens (tertiary/aromatic N) is 2. The van der Waals surface area contributed by atoms with Crippen LogP contribution in [0.4, 0.5) is 0 Å². The van der Waals surface area contributed by atoms with Crippen molar-refractivity contribution in [2.75, 3.05) is 13.7 Å². The molecule has 1 aliphatic carbocycles. The lowest BCUT2D eigenvalue weighted by Gasteiger charge is -2.62. The second-order valence-electron chi connectivity index (χ2n) is 9.67. The van der Waals surface area contributed by atoms with Gasteiger partial charge in [0.1, 0.15) is 29.2 Å². The molecule has 1 unspecified atom stereocenters. The molecule has 3 heterocycles. The minimum absolute atomic E-state index is 0.103. The average molecular weight is 470 g/mol. The molecule has 1 atom stereocenters. The fourth-order valence-corrected chi connectivity index (χ4v) is 6.04. The number of Topliss-reactive ketones (excluding diaryl/α,β-unsaturated/α-hetero) is 1. The van der Waals surface area contributed by atoms with E-state index in [2.05, 4.69) is 18.8 Å². The third kappa shape index (κ3) is 3.24. The van der Waals surface area contributed by atoms with Crippen LogP contribution in [-0.2, 0) is 28.0 Å². The van der Waals surface area contributed by atoms with Crippen molar-refractivity contribution in [2.24, 2.45) is 16.1 Å². The quantitative estimate of drug-likeness (QED) is 0.659. The summed E-state index contributed by atoms with van der Waals surface area (Å²) in [7, 11) is 1.58. The molecule has 1 saturated carbocycles. The number of pyridine rings is 1. The van der Waals surface area contributed by atoms with Gasteiger partial charge in [-0.15, -0.1) is 0 Å². The first-order valence-electron chi connectivity index (χ1n) is 11.2. The topological polar surface area (TPSA) is 96.0 Å². The van der Waals surface area contributed by atoms with Gasteiger partial charge in [0.05, 0.1) is 11.6 Å². The molecule has 2 N–H and O–H groups in total. The first-order chi connectivity index (χ1) is 15.7. The number of aliphatic imine (C=N–C) groups is 1. The fraction of sp³-hybridized carbons (Fsp3) is 0.480.